The Balaban J connectivity index is 1.16. The lowest BCUT2D eigenvalue weighted by molar-refractivity contribution is -0.144. The third kappa shape index (κ3) is 29.8. The molecule has 0 saturated heterocycles. The van der Waals surface area contributed by atoms with Gasteiger partial charge in [-0.1, -0.05) is 103 Å². The average molecular weight is 1690 g/mol. The number of aromatic hydroxyl groups is 1. The second-order valence-corrected chi connectivity index (χ2v) is 30.5. The molecule has 41 heteroatoms. The van der Waals surface area contributed by atoms with Crippen LogP contribution in [0.2, 0.25) is 0 Å². The summed E-state index contributed by atoms with van der Waals surface area (Å²) in [4.78, 5) is 207. The summed E-state index contributed by atoms with van der Waals surface area (Å²) in [5.74, 6) is -14.9. The van der Waals surface area contributed by atoms with E-state index in [0.29, 0.717) is 44.9 Å². The average Bonchev–Trinajstić information content (AvgIpc) is 1.73. The highest BCUT2D eigenvalue weighted by molar-refractivity contribution is 6.00. The van der Waals surface area contributed by atoms with Gasteiger partial charge in [0.15, 0.2) is 11.9 Å². The van der Waals surface area contributed by atoms with Crippen molar-refractivity contribution >= 4 is 111 Å². The molecule has 0 spiro atoms. The molecule has 0 aliphatic carbocycles. The minimum absolute atomic E-state index is 0.00469. The Morgan fingerprint density at radius 2 is 0.820 bits per heavy atom. The summed E-state index contributed by atoms with van der Waals surface area (Å²) >= 11 is 0. The molecule has 4 heterocycles. The zero-order valence-corrected chi connectivity index (χ0v) is 68.9. The number of benzene rings is 3. The van der Waals surface area contributed by atoms with Crippen molar-refractivity contribution in [2.24, 2.45) is 40.7 Å². The van der Waals surface area contributed by atoms with Crippen LogP contribution in [0.4, 0.5) is 0 Å². The zero-order chi connectivity index (χ0) is 89.3. The second-order valence-electron chi connectivity index (χ2n) is 30.5. The molecular weight excluding hydrogens is 1580 g/mol. The number of aliphatic carboxylic acids is 1. The van der Waals surface area contributed by atoms with Gasteiger partial charge in [0.1, 0.15) is 72.2 Å². The number of amides is 12. The number of aliphatic hydroxyl groups excluding tert-OH is 1. The van der Waals surface area contributed by atoms with Crippen molar-refractivity contribution in [3.63, 3.8) is 0 Å². The number of primary amides is 1. The van der Waals surface area contributed by atoms with Crippen LogP contribution in [-0.2, 0) is 94.4 Å². The van der Waals surface area contributed by atoms with Crippen molar-refractivity contribution in [1.29, 1.82) is 10.8 Å². The SMILES string of the molecule is CC[C@H](C)[C@H](NC(=O)[C@H](Cc1c[nH]c2ccccc12)NC(=O)[C@H](Cc1ccc(O)cc1)NC(=O)[C@H](Cc1c[nH]cn1)NC(=O)[C@H](CCCNC(=N)N)NC(=O)[C@H](CC(C)C)NC(=O)[C@H](Cc1c[nH]cn1)NC(=O)[C@@H](NC(=O)[C@H](Cc1c[nH]c2ccccc12)NC(=O)[C@H](CCCNC(=N)N)NC(=O)[C@H](CO)NC(=O)[C@@H](N)CCC(N)=O)[C@@H](C)CC)C(=O)O. The molecule has 30 N–H and O–H groups in total. The predicted octanol–water partition coefficient (Wildman–Crippen LogP) is -2.02. The number of aromatic nitrogens is 6. The first-order chi connectivity index (χ1) is 58.1. The summed E-state index contributed by atoms with van der Waals surface area (Å²) in [6, 6.07) is 1.88. The van der Waals surface area contributed by atoms with E-state index in [1.54, 1.807) is 96.4 Å². The number of aliphatic hydroxyl groups is 1. The van der Waals surface area contributed by atoms with Crippen LogP contribution in [-0.4, -0.2) is 226 Å². The lowest BCUT2D eigenvalue weighted by Crippen LogP contribution is -2.62. The molecule has 0 saturated carbocycles. The maximum Gasteiger partial charge on any atom is 0.326 e. The molecule has 0 bridgehead atoms. The Bertz CT molecular complexity index is 4710. The number of carbonyl (C=O) groups is 13. The van der Waals surface area contributed by atoms with Gasteiger partial charge in [-0.3, -0.25) is 68.4 Å². The fraction of sp³-hybridized carbons (Fsp3) is 0.469. The summed E-state index contributed by atoms with van der Waals surface area (Å²) in [6.07, 6.45) is 7.37. The van der Waals surface area contributed by atoms with Crippen molar-refractivity contribution in [3.8, 4) is 5.75 Å². The summed E-state index contributed by atoms with van der Waals surface area (Å²) in [6.45, 7) is 9.37. The maximum absolute atomic E-state index is 15.2. The summed E-state index contributed by atoms with van der Waals surface area (Å²) in [5, 5.41) is 82.4. The van der Waals surface area contributed by atoms with Crippen LogP contribution in [0.3, 0.4) is 0 Å². The van der Waals surface area contributed by atoms with Crippen LogP contribution in [0.5, 0.6) is 5.75 Å². The van der Waals surface area contributed by atoms with Crippen molar-refractivity contribution < 1.29 is 77.6 Å². The fourth-order valence-corrected chi connectivity index (χ4v) is 13.4. The predicted molar refractivity (Wildman–Crippen MR) is 449 cm³/mol. The van der Waals surface area contributed by atoms with Gasteiger partial charge in [0.25, 0.3) is 0 Å². The molecule has 4 aromatic heterocycles. The van der Waals surface area contributed by atoms with E-state index in [-0.39, 0.29) is 120 Å². The number of guanidine groups is 2. The summed E-state index contributed by atoms with van der Waals surface area (Å²) in [5.41, 5.74) is 25.7. The topological polar surface area (TPSA) is 680 Å². The smallest absolute Gasteiger partial charge is 0.326 e. The number of nitrogens with two attached hydrogens (primary N) is 4. The molecule has 3 aromatic carbocycles. The molecule has 0 aliphatic heterocycles. The Morgan fingerprint density at radius 1 is 0.443 bits per heavy atom. The highest BCUT2D eigenvalue weighted by Gasteiger charge is 2.40. The number of aromatic amines is 4. The van der Waals surface area contributed by atoms with E-state index in [9.17, 15) is 44.1 Å². The number of carboxylic acid groups (broad SMARTS) is 1. The van der Waals surface area contributed by atoms with E-state index in [1.807, 2.05) is 6.07 Å². The first-order valence-corrected chi connectivity index (χ1v) is 40.4. The third-order valence-corrected chi connectivity index (χ3v) is 20.7. The Kier molecular flexibility index (Phi) is 37.1. The number of imidazole rings is 2. The zero-order valence-electron chi connectivity index (χ0n) is 68.9. The summed E-state index contributed by atoms with van der Waals surface area (Å²) in [7, 11) is 0. The Morgan fingerprint density at radius 3 is 1.24 bits per heavy atom. The number of para-hydroxylation sites is 2. The van der Waals surface area contributed by atoms with Crippen molar-refractivity contribution in [1.82, 2.24) is 99.0 Å². The van der Waals surface area contributed by atoms with Gasteiger partial charge < -0.3 is 127 Å². The standard InChI is InChI=1S/C81H115N25O16/c1-7-43(5)66(105-75(117)60(31-46-35-92-54-17-11-9-15-51(46)54)100-69(111)57(20-14-28-91-81(86)87)97-77(119)64(39-107)104-68(110)53(82)25-26-65(83)109)78(120)103-63(34-49-38-89-41-95-49)74(116)98-58(29-42(3)4)71(113)96-56(19-13-27-90-80(84)85)70(112)102-62(33-48-37-88-40-94-48)73(115)99-59(30-45-21-23-50(108)24-22-45)72(114)101-61(76(118)106-67(79(121)122)44(6)8-2)32-47-36-93-55-18-12-10-16-52(47)55/h9-12,15-18,21-24,35-38,40-44,53,56-64,66-67,92-93,107-108H,7-8,13-14,19-20,25-34,39,82H2,1-6H3,(H2,83,109)(H,88,94)(H,89,95)(H,96,113)(H,97,119)(H,98,116)(H,99,115)(H,100,111)(H,101,114)(H,102,112)(H,103,120)(H,104,110)(H,105,117)(H,106,118)(H,121,122)(H4,84,85,90)(H4,86,87,91)/t43-,44-,53-,56-,57-,58-,59-,60-,61-,62-,63-,64-,66-,67-/m0/s1. The largest absolute Gasteiger partial charge is 0.508 e. The normalized spacial score (nSPS) is 14.7. The lowest BCUT2D eigenvalue weighted by Gasteiger charge is -2.30. The van der Waals surface area contributed by atoms with E-state index >= 15 is 33.6 Å². The van der Waals surface area contributed by atoms with Crippen LogP contribution in [0.15, 0.2) is 110 Å². The van der Waals surface area contributed by atoms with Crippen LogP contribution in [0.25, 0.3) is 21.8 Å². The maximum atomic E-state index is 15.2. The van der Waals surface area contributed by atoms with Gasteiger partial charge in [-0.15, -0.1) is 0 Å². The Labute approximate surface area is 703 Å². The van der Waals surface area contributed by atoms with E-state index in [4.69, 9.17) is 33.8 Å². The number of nitrogens with zero attached hydrogens (tertiary/aromatic N) is 2. The minimum atomic E-state index is -1.68. The highest BCUT2D eigenvalue weighted by atomic mass is 16.4. The quantitative estimate of drug-likeness (QED) is 0.0111. The second kappa shape index (κ2) is 47.4. The van der Waals surface area contributed by atoms with Crippen LogP contribution in [0, 0.1) is 28.6 Å². The Hall–Kier alpha value is -13.5. The van der Waals surface area contributed by atoms with Gasteiger partial charge >= 0.3 is 5.97 Å². The number of carboxylic acids is 1. The van der Waals surface area contributed by atoms with Crippen LogP contribution in [0.1, 0.15) is 127 Å². The number of hydrogen-bond donors (Lipinski definition) is 26. The van der Waals surface area contributed by atoms with Gasteiger partial charge in [0.2, 0.25) is 70.9 Å². The van der Waals surface area contributed by atoms with Gasteiger partial charge in [0, 0.05) is 98.2 Å². The molecular formula is C81H115N25O16. The van der Waals surface area contributed by atoms with Gasteiger partial charge in [-0.25, -0.2) is 14.8 Å². The number of nitrogens with one attached hydrogen (secondary N) is 19. The molecule has 0 fully saturated rings. The third-order valence-electron chi connectivity index (χ3n) is 20.7. The van der Waals surface area contributed by atoms with E-state index in [1.165, 1.54) is 49.3 Å². The van der Waals surface area contributed by atoms with E-state index in [2.05, 4.69) is 99.0 Å². The van der Waals surface area contributed by atoms with Crippen molar-refractivity contribution in [3.05, 3.63) is 138 Å². The number of carbonyl (C=O) groups excluding carboxylic acids is 12. The first kappa shape index (κ1) is 95.7. The molecule has 14 atom stereocenters. The van der Waals surface area contributed by atoms with Gasteiger partial charge in [0.05, 0.1) is 36.7 Å². The molecule has 660 valence electrons. The monoisotopic (exact) mass is 1690 g/mol. The molecule has 41 nitrogen and oxygen atoms in total. The van der Waals surface area contributed by atoms with E-state index < -0.39 is 180 Å². The minimum Gasteiger partial charge on any atom is -0.508 e. The number of phenols is 1. The van der Waals surface area contributed by atoms with E-state index in [0.717, 1.165) is 0 Å². The number of H-pyrrole nitrogens is 4. The number of phenolic OH excluding ortho intramolecular Hbond substituents is 1. The highest BCUT2D eigenvalue weighted by Crippen LogP contribution is 2.24. The van der Waals surface area contributed by atoms with Crippen LogP contribution >= 0.6 is 0 Å². The van der Waals surface area contributed by atoms with Gasteiger partial charge in [-0.05, 0) is 97.2 Å². The molecule has 12 amide bonds. The van der Waals surface area contributed by atoms with Gasteiger partial charge in [-0.2, -0.15) is 0 Å². The van der Waals surface area contributed by atoms with Crippen molar-refractivity contribution in [2.75, 3.05) is 19.7 Å². The molecule has 122 heavy (non-hydrogen) atoms. The molecule has 7 aromatic rings. The first-order valence-electron chi connectivity index (χ1n) is 40.4. The molecule has 0 radical (unpaired) electrons. The number of fused-ring (bicyclic) bond motifs is 2. The van der Waals surface area contributed by atoms with Crippen molar-refractivity contribution in [2.45, 2.75) is 204 Å². The molecule has 7 rings (SSSR count). The summed E-state index contributed by atoms with van der Waals surface area (Å²) < 4.78 is 0. The molecule has 0 unspecified atom stereocenters. The number of rotatable bonds is 51. The van der Waals surface area contributed by atoms with Crippen LogP contribution < -0.4 is 92.1 Å². The fourth-order valence-electron chi connectivity index (χ4n) is 13.4. The lowest BCUT2D eigenvalue weighted by atomic mass is 9.96. The number of hydrogen-bond acceptors (Lipinski definition) is 20. The molecule has 0 aliphatic rings.